The van der Waals surface area contributed by atoms with Gasteiger partial charge in [0.05, 0.1) is 25.2 Å². The zero-order valence-corrected chi connectivity index (χ0v) is 38.5. The molecular formula is C54H89NO5. The molecule has 0 saturated heterocycles. The Labute approximate surface area is 368 Å². The van der Waals surface area contributed by atoms with Crippen LogP contribution >= 0.6 is 0 Å². The zero-order valence-electron chi connectivity index (χ0n) is 38.5. The van der Waals surface area contributed by atoms with Crippen molar-refractivity contribution in [3.05, 3.63) is 109 Å². The molecule has 340 valence electrons. The summed E-state index contributed by atoms with van der Waals surface area (Å²) in [5.74, 6) is -0.619. The number of nitrogens with one attached hydrogen (secondary N) is 1. The van der Waals surface area contributed by atoms with E-state index in [1.165, 1.54) is 51.4 Å². The lowest BCUT2D eigenvalue weighted by Gasteiger charge is -2.24. The summed E-state index contributed by atoms with van der Waals surface area (Å²) in [4.78, 5) is 26.0. The Balaban J connectivity index is 4.82. The van der Waals surface area contributed by atoms with E-state index in [1.807, 2.05) is 30.4 Å². The Hall–Kier alpha value is -3.48. The van der Waals surface area contributed by atoms with Gasteiger partial charge < -0.3 is 20.3 Å². The normalized spacial score (nSPS) is 14.3. The lowest BCUT2D eigenvalue weighted by atomic mass is 10.0. The largest absolute Gasteiger partial charge is 0.461 e. The van der Waals surface area contributed by atoms with E-state index in [4.69, 9.17) is 4.74 Å². The molecule has 3 N–H and O–H groups in total. The van der Waals surface area contributed by atoms with E-state index in [0.29, 0.717) is 19.3 Å². The number of allylic oxidation sites excluding steroid dienone is 17. The number of carbonyl (C=O) groups excluding carboxylic acids is 2. The molecule has 0 spiro atoms. The average Bonchev–Trinajstić information content (AvgIpc) is 3.24. The van der Waals surface area contributed by atoms with Crippen LogP contribution in [-0.2, 0) is 14.3 Å². The number of rotatable bonds is 41. The van der Waals surface area contributed by atoms with Gasteiger partial charge in [0.2, 0.25) is 5.91 Å². The SMILES string of the molecule is CC/C=C\C/C=C\C/C=C\C/C=C\C/C=C\CC(CC(=O)NC(CO)C(O)CCCCCCCCCCCCC)OC(=O)CCCCCCC\C=C/C=C/C=C/C=C/CC. The van der Waals surface area contributed by atoms with E-state index >= 15 is 0 Å². The minimum absolute atomic E-state index is 0.0172. The second kappa shape index (κ2) is 46.6. The quantitative estimate of drug-likeness (QED) is 0.0247. The highest BCUT2D eigenvalue weighted by Gasteiger charge is 2.23. The molecule has 0 radical (unpaired) electrons. The molecule has 0 aliphatic rings. The smallest absolute Gasteiger partial charge is 0.306 e. The van der Waals surface area contributed by atoms with E-state index in [2.05, 4.69) is 105 Å². The predicted octanol–water partition coefficient (Wildman–Crippen LogP) is 14.3. The number of unbranched alkanes of at least 4 members (excludes halogenated alkanes) is 15. The van der Waals surface area contributed by atoms with Crippen LogP contribution < -0.4 is 5.32 Å². The molecule has 0 heterocycles. The van der Waals surface area contributed by atoms with Gasteiger partial charge in [-0.25, -0.2) is 0 Å². The first-order chi connectivity index (χ1) is 29.5. The fourth-order valence-electron chi connectivity index (χ4n) is 6.58. The molecule has 0 aromatic heterocycles. The van der Waals surface area contributed by atoms with Crippen LogP contribution in [-0.4, -0.2) is 46.9 Å². The summed E-state index contributed by atoms with van der Waals surface area (Å²) in [5, 5.41) is 23.6. The van der Waals surface area contributed by atoms with Crippen LogP contribution in [0, 0.1) is 0 Å². The number of carbonyl (C=O) groups is 2. The highest BCUT2D eigenvalue weighted by Crippen LogP contribution is 2.15. The summed E-state index contributed by atoms with van der Waals surface area (Å²) in [5.41, 5.74) is 0. The third-order valence-electron chi connectivity index (χ3n) is 10.2. The van der Waals surface area contributed by atoms with Crippen molar-refractivity contribution < 1.29 is 24.5 Å². The van der Waals surface area contributed by atoms with Crippen molar-refractivity contribution in [3.63, 3.8) is 0 Å². The zero-order chi connectivity index (χ0) is 43.8. The van der Waals surface area contributed by atoms with Gasteiger partial charge >= 0.3 is 5.97 Å². The Morgan fingerprint density at radius 2 is 1.00 bits per heavy atom. The Bertz CT molecular complexity index is 1250. The van der Waals surface area contributed by atoms with E-state index in [0.717, 1.165) is 96.3 Å². The number of aliphatic hydroxyl groups excluding tert-OH is 2. The van der Waals surface area contributed by atoms with E-state index < -0.39 is 18.2 Å². The summed E-state index contributed by atoms with van der Waals surface area (Å²) < 4.78 is 5.84. The molecule has 0 aliphatic heterocycles. The van der Waals surface area contributed by atoms with Gasteiger partial charge in [-0.3, -0.25) is 9.59 Å². The molecule has 60 heavy (non-hydrogen) atoms. The molecule has 0 saturated carbocycles. The van der Waals surface area contributed by atoms with Crippen LogP contribution in [0.3, 0.4) is 0 Å². The van der Waals surface area contributed by atoms with Crippen LogP contribution in [0.1, 0.15) is 194 Å². The first kappa shape index (κ1) is 56.5. The Morgan fingerprint density at radius 3 is 1.55 bits per heavy atom. The molecule has 6 nitrogen and oxygen atoms in total. The standard InChI is InChI=1S/C54H89NO5/c1-4-7-10-13-16-19-22-24-26-28-31-33-36-39-42-45-50(60-54(59)47-44-41-38-35-32-29-27-25-23-20-17-14-11-8-5-2)48-53(58)55-51(49-56)52(57)46-43-40-37-34-30-21-18-15-12-9-6-3/h7-8,10-11,14,16-17,19-20,23-27,31,33,39,42,50-52,56-57H,4-6,9,12-13,15,18,21-22,28-30,32,34-38,40-41,43-49H2,1-3H3,(H,55,58)/b10-7-,11-8+,17-14+,19-16-,23-20+,26-24-,27-25-,33-31-,42-39-. The fraction of sp³-hybridized carbons (Fsp3) is 0.630. The molecule has 3 atom stereocenters. The third-order valence-corrected chi connectivity index (χ3v) is 10.2. The van der Waals surface area contributed by atoms with Crippen LogP contribution in [0.5, 0.6) is 0 Å². The van der Waals surface area contributed by atoms with E-state index in [9.17, 15) is 19.8 Å². The van der Waals surface area contributed by atoms with Crippen LogP contribution in [0.4, 0.5) is 0 Å². The maximum Gasteiger partial charge on any atom is 0.306 e. The van der Waals surface area contributed by atoms with Crippen molar-refractivity contribution in [2.45, 2.75) is 212 Å². The Kier molecular flexibility index (Phi) is 43.9. The predicted molar refractivity (Wildman–Crippen MR) is 259 cm³/mol. The van der Waals surface area contributed by atoms with Gasteiger partial charge in [0.15, 0.2) is 0 Å². The first-order valence-electron chi connectivity index (χ1n) is 24.2. The second-order valence-corrected chi connectivity index (χ2v) is 15.8. The van der Waals surface area contributed by atoms with Crippen molar-refractivity contribution in [2.24, 2.45) is 0 Å². The van der Waals surface area contributed by atoms with Gasteiger partial charge in [-0.1, -0.05) is 220 Å². The number of aliphatic hydroxyl groups is 2. The van der Waals surface area contributed by atoms with E-state index in [1.54, 1.807) is 0 Å². The lowest BCUT2D eigenvalue weighted by Crippen LogP contribution is -2.46. The molecule has 3 unspecified atom stereocenters. The number of hydrogen-bond acceptors (Lipinski definition) is 5. The Morgan fingerprint density at radius 1 is 0.533 bits per heavy atom. The molecule has 0 fully saturated rings. The fourth-order valence-corrected chi connectivity index (χ4v) is 6.58. The number of amides is 1. The van der Waals surface area contributed by atoms with Crippen molar-refractivity contribution in [2.75, 3.05) is 6.61 Å². The van der Waals surface area contributed by atoms with Gasteiger partial charge in [-0.15, -0.1) is 0 Å². The van der Waals surface area contributed by atoms with Gasteiger partial charge in [-0.05, 0) is 64.2 Å². The maximum atomic E-state index is 13.1. The number of hydrogen-bond donors (Lipinski definition) is 3. The molecule has 0 aromatic rings. The summed E-state index contributed by atoms with van der Waals surface area (Å²) in [7, 11) is 0. The summed E-state index contributed by atoms with van der Waals surface area (Å²) in [6, 6.07) is -0.743. The highest BCUT2D eigenvalue weighted by atomic mass is 16.5. The topological polar surface area (TPSA) is 95.9 Å². The number of ether oxygens (including phenoxy) is 1. The molecule has 0 bridgehead atoms. The average molecular weight is 832 g/mol. The van der Waals surface area contributed by atoms with E-state index in [-0.39, 0.29) is 24.9 Å². The summed E-state index contributed by atoms with van der Waals surface area (Å²) >= 11 is 0. The van der Waals surface area contributed by atoms with Gasteiger partial charge in [-0.2, -0.15) is 0 Å². The molecular weight excluding hydrogens is 743 g/mol. The van der Waals surface area contributed by atoms with Crippen molar-refractivity contribution in [1.82, 2.24) is 5.32 Å². The second-order valence-electron chi connectivity index (χ2n) is 15.8. The van der Waals surface area contributed by atoms with Crippen molar-refractivity contribution in [3.8, 4) is 0 Å². The number of esters is 1. The third kappa shape index (κ3) is 41.3. The molecule has 1 amide bonds. The summed E-state index contributed by atoms with van der Waals surface area (Å²) in [6.45, 7) is 6.17. The van der Waals surface area contributed by atoms with Gasteiger partial charge in [0.25, 0.3) is 0 Å². The van der Waals surface area contributed by atoms with Gasteiger partial charge in [0, 0.05) is 12.8 Å². The van der Waals surface area contributed by atoms with Crippen LogP contribution in [0.2, 0.25) is 0 Å². The molecule has 6 heteroatoms. The van der Waals surface area contributed by atoms with Crippen LogP contribution in [0.25, 0.3) is 0 Å². The molecule has 0 aromatic carbocycles. The lowest BCUT2D eigenvalue weighted by molar-refractivity contribution is -0.150. The monoisotopic (exact) mass is 832 g/mol. The molecule has 0 rings (SSSR count). The molecule has 0 aliphatic carbocycles. The first-order valence-corrected chi connectivity index (χ1v) is 24.2. The maximum absolute atomic E-state index is 13.1. The minimum atomic E-state index is -0.822. The summed E-state index contributed by atoms with van der Waals surface area (Å²) in [6.07, 6.45) is 63.0. The minimum Gasteiger partial charge on any atom is -0.461 e. The highest BCUT2D eigenvalue weighted by molar-refractivity contribution is 5.77. The van der Waals surface area contributed by atoms with Crippen molar-refractivity contribution in [1.29, 1.82) is 0 Å². The van der Waals surface area contributed by atoms with Gasteiger partial charge in [0.1, 0.15) is 6.10 Å². The van der Waals surface area contributed by atoms with Crippen molar-refractivity contribution >= 4 is 11.9 Å². The van der Waals surface area contributed by atoms with Crippen LogP contribution in [0.15, 0.2) is 109 Å².